The highest BCUT2D eigenvalue weighted by Gasteiger charge is 2.26. The van der Waals surface area contributed by atoms with Gasteiger partial charge in [-0.15, -0.1) is 11.3 Å². The van der Waals surface area contributed by atoms with Crippen LogP contribution in [-0.2, 0) is 10.0 Å². The highest BCUT2D eigenvalue weighted by molar-refractivity contribution is 7.89. The molecular formula is C13H15NO2S2. The summed E-state index contributed by atoms with van der Waals surface area (Å²) in [7, 11) is -1.81. The molecule has 1 unspecified atom stereocenters. The molecule has 0 amide bonds. The number of benzene rings is 1. The maximum Gasteiger partial charge on any atom is 0.243 e. The Balaban J connectivity index is 2.31. The van der Waals surface area contributed by atoms with E-state index in [1.807, 2.05) is 30.5 Å². The van der Waals surface area contributed by atoms with Crippen molar-refractivity contribution in [3.05, 3.63) is 52.7 Å². The van der Waals surface area contributed by atoms with Gasteiger partial charge in [-0.05, 0) is 30.5 Å². The van der Waals surface area contributed by atoms with Crippen molar-refractivity contribution in [2.24, 2.45) is 0 Å². The minimum atomic E-state index is -3.42. The van der Waals surface area contributed by atoms with Crippen LogP contribution in [-0.4, -0.2) is 19.8 Å². The molecule has 0 fully saturated rings. The van der Waals surface area contributed by atoms with E-state index in [1.165, 1.54) is 4.31 Å². The number of nitrogens with zero attached hydrogens (tertiary/aromatic N) is 1. The van der Waals surface area contributed by atoms with Crippen LogP contribution in [0, 0.1) is 0 Å². The SMILES string of the molecule is CC(c1cccs1)N(C)S(=O)(=O)c1ccccc1. The second kappa shape index (κ2) is 5.22. The number of thiophene rings is 1. The van der Waals surface area contributed by atoms with Crippen LogP contribution in [0.15, 0.2) is 52.7 Å². The maximum absolute atomic E-state index is 12.4. The molecule has 0 radical (unpaired) electrons. The molecule has 5 heteroatoms. The number of hydrogen-bond acceptors (Lipinski definition) is 3. The summed E-state index contributed by atoms with van der Waals surface area (Å²) in [5.41, 5.74) is 0. The van der Waals surface area contributed by atoms with Crippen LogP contribution in [0.2, 0.25) is 0 Å². The van der Waals surface area contributed by atoms with E-state index < -0.39 is 10.0 Å². The van der Waals surface area contributed by atoms with Crippen molar-refractivity contribution in [2.45, 2.75) is 17.9 Å². The Hall–Kier alpha value is -1.17. The van der Waals surface area contributed by atoms with Crippen molar-refractivity contribution < 1.29 is 8.42 Å². The Morgan fingerprint density at radius 3 is 2.33 bits per heavy atom. The maximum atomic E-state index is 12.4. The van der Waals surface area contributed by atoms with Crippen LogP contribution in [0.1, 0.15) is 17.8 Å². The van der Waals surface area contributed by atoms with Gasteiger partial charge in [0.2, 0.25) is 10.0 Å². The fourth-order valence-electron chi connectivity index (χ4n) is 1.68. The molecule has 0 bridgehead atoms. The molecule has 0 saturated carbocycles. The first-order valence-electron chi connectivity index (χ1n) is 5.60. The third-order valence-corrected chi connectivity index (χ3v) is 5.91. The molecule has 18 heavy (non-hydrogen) atoms. The van der Waals surface area contributed by atoms with Gasteiger partial charge in [0.15, 0.2) is 0 Å². The van der Waals surface area contributed by atoms with Gasteiger partial charge >= 0.3 is 0 Å². The van der Waals surface area contributed by atoms with E-state index in [9.17, 15) is 8.42 Å². The third-order valence-electron chi connectivity index (χ3n) is 2.92. The van der Waals surface area contributed by atoms with Gasteiger partial charge in [0.25, 0.3) is 0 Å². The van der Waals surface area contributed by atoms with E-state index in [0.29, 0.717) is 4.90 Å². The molecule has 2 aromatic rings. The zero-order chi connectivity index (χ0) is 13.2. The summed E-state index contributed by atoms with van der Waals surface area (Å²) in [5, 5.41) is 1.95. The first-order valence-corrected chi connectivity index (χ1v) is 7.92. The Morgan fingerprint density at radius 2 is 1.78 bits per heavy atom. The molecule has 1 heterocycles. The molecule has 0 saturated heterocycles. The molecule has 3 nitrogen and oxygen atoms in total. The minimum absolute atomic E-state index is 0.157. The molecular weight excluding hydrogens is 266 g/mol. The van der Waals surface area contributed by atoms with Crippen LogP contribution in [0.5, 0.6) is 0 Å². The molecule has 1 aromatic heterocycles. The summed E-state index contributed by atoms with van der Waals surface area (Å²) in [6, 6.07) is 12.2. The monoisotopic (exact) mass is 281 g/mol. The normalized spacial score (nSPS) is 13.7. The molecule has 0 N–H and O–H groups in total. The molecule has 0 aliphatic carbocycles. The van der Waals surface area contributed by atoms with E-state index in [2.05, 4.69) is 0 Å². The van der Waals surface area contributed by atoms with Crippen LogP contribution in [0.3, 0.4) is 0 Å². The van der Waals surface area contributed by atoms with Crippen molar-refractivity contribution >= 4 is 21.4 Å². The zero-order valence-corrected chi connectivity index (χ0v) is 11.9. The van der Waals surface area contributed by atoms with Crippen LogP contribution < -0.4 is 0 Å². The molecule has 0 aliphatic rings. The lowest BCUT2D eigenvalue weighted by Crippen LogP contribution is -2.29. The van der Waals surface area contributed by atoms with E-state index in [-0.39, 0.29) is 6.04 Å². The number of rotatable bonds is 4. The van der Waals surface area contributed by atoms with Gasteiger partial charge in [0.1, 0.15) is 0 Å². The van der Waals surface area contributed by atoms with E-state index in [0.717, 1.165) is 4.88 Å². The van der Waals surface area contributed by atoms with Gasteiger partial charge in [-0.25, -0.2) is 8.42 Å². The minimum Gasteiger partial charge on any atom is -0.207 e. The van der Waals surface area contributed by atoms with Crippen LogP contribution in [0.25, 0.3) is 0 Å². The Labute approximate surface area is 112 Å². The lowest BCUT2D eigenvalue weighted by molar-refractivity contribution is 0.403. The highest BCUT2D eigenvalue weighted by Crippen LogP contribution is 2.28. The Bertz CT molecular complexity index is 591. The smallest absolute Gasteiger partial charge is 0.207 e. The van der Waals surface area contributed by atoms with Gasteiger partial charge in [0.05, 0.1) is 10.9 Å². The van der Waals surface area contributed by atoms with E-state index >= 15 is 0 Å². The lowest BCUT2D eigenvalue weighted by atomic mass is 10.3. The predicted molar refractivity (Wildman–Crippen MR) is 74.1 cm³/mol. The second-order valence-corrected chi connectivity index (χ2v) is 7.00. The zero-order valence-electron chi connectivity index (χ0n) is 10.3. The van der Waals surface area contributed by atoms with Crippen molar-refractivity contribution in [3.63, 3.8) is 0 Å². The average Bonchev–Trinajstić information content (AvgIpc) is 2.92. The van der Waals surface area contributed by atoms with Gasteiger partial charge in [-0.2, -0.15) is 4.31 Å². The quantitative estimate of drug-likeness (QED) is 0.863. The number of sulfonamides is 1. The molecule has 2 rings (SSSR count). The number of hydrogen-bond donors (Lipinski definition) is 0. The fourth-order valence-corrected chi connectivity index (χ4v) is 3.93. The lowest BCUT2D eigenvalue weighted by Gasteiger charge is -2.23. The summed E-state index contributed by atoms with van der Waals surface area (Å²) < 4.78 is 26.2. The second-order valence-electron chi connectivity index (χ2n) is 4.03. The molecule has 1 aromatic carbocycles. The Kier molecular flexibility index (Phi) is 3.85. The first-order chi connectivity index (χ1) is 8.53. The summed E-state index contributed by atoms with van der Waals surface area (Å²) in [5.74, 6) is 0. The predicted octanol–water partition coefficient (Wildman–Crippen LogP) is 3.13. The van der Waals surface area contributed by atoms with Crippen molar-refractivity contribution in [2.75, 3.05) is 7.05 Å². The van der Waals surface area contributed by atoms with Gasteiger partial charge in [-0.1, -0.05) is 24.3 Å². The van der Waals surface area contributed by atoms with Crippen molar-refractivity contribution in [3.8, 4) is 0 Å². The van der Waals surface area contributed by atoms with Crippen molar-refractivity contribution in [1.29, 1.82) is 0 Å². The van der Waals surface area contributed by atoms with Gasteiger partial charge in [-0.3, -0.25) is 0 Å². The standard InChI is InChI=1S/C13H15NO2S2/c1-11(13-9-6-10-17-13)14(2)18(15,16)12-7-4-3-5-8-12/h3-11H,1-2H3. The first kappa shape index (κ1) is 13.3. The largest absolute Gasteiger partial charge is 0.243 e. The van der Waals surface area contributed by atoms with Crippen LogP contribution >= 0.6 is 11.3 Å². The fraction of sp³-hybridized carbons (Fsp3) is 0.231. The highest BCUT2D eigenvalue weighted by atomic mass is 32.2. The topological polar surface area (TPSA) is 37.4 Å². The summed E-state index contributed by atoms with van der Waals surface area (Å²) in [6.07, 6.45) is 0. The van der Waals surface area contributed by atoms with Crippen LogP contribution in [0.4, 0.5) is 0 Å². The summed E-state index contributed by atoms with van der Waals surface area (Å²) >= 11 is 1.56. The van der Waals surface area contributed by atoms with Crippen molar-refractivity contribution in [1.82, 2.24) is 4.31 Å². The summed E-state index contributed by atoms with van der Waals surface area (Å²) in [4.78, 5) is 1.37. The van der Waals surface area contributed by atoms with E-state index in [4.69, 9.17) is 0 Å². The Morgan fingerprint density at radius 1 is 1.11 bits per heavy atom. The van der Waals surface area contributed by atoms with E-state index in [1.54, 1.807) is 42.6 Å². The molecule has 1 atom stereocenters. The molecule has 0 spiro atoms. The summed E-state index contributed by atoms with van der Waals surface area (Å²) in [6.45, 7) is 1.90. The molecule has 96 valence electrons. The van der Waals surface area contributed by atoms with Gasteiger partial charge in [0, 0.05) is 11.9 Å². The third kappa shape index (κ3) is 2.48. The van der Waals surface area contributed by atoms with Gasteiger partial charge < -0.3 is 0 Å². The molecule has 0 aliphatic heterocycles. The average molecular weight is 281 g/mol.